The van der Waals surface area contributed by atoms with E-state index in [0.717, 1.165) is 31.6 Å². The molecule has 0 bridgehead atoms. The first-order valence-electron chi connectivity index (χ1n) is 8.27. The van der Waals surface area contributed by atoms with Crippen molar-refractivity contribution in [1.29, 1.82) is 0 Å². The molecule has 0 aliphatic heterocycles. The summed E-state index contributed by atoms with van der Waals surface area (Å²) in [5.41, 5.74) is 1.19. The fourth-order valence-corrected chi connectivity index (χ4v) is 3.55. The van der Waals surface area contributed by atoms with E-state index in [1.807, 2.05) is 18.2 Å². The number of aliphatic hydroxyl groups excluding tert-OH is 1. The van der Waals surface area contributed by atoms with Gasteiger partial charge in [0.05, 0.1) is 18.1 Å². The Kier molecular flexibility index (Phi) is 4.59. The average Bonchev–Trinajstić information content (AvgIpc) is 2.88. The Balaban J connectivity index is 1.67. The minimum Gasteiger partial charge on any atom is -0.392 e. The first kappa shape index (κ1) is 14.6. The predicted octanol–water partition coefficient (Wildman–Crippen LogP) is 3.20. The Morgan fingerprint density at radius 2 is 1.86 bits per heavy atom. The van der Waals surface area contributed by atoms with E-state index in [1.165, 1.54) is 24.8 Å². The van der Waals surface area contributed by atoms with E-state index in [9.17, 15) is 9.90 Å². The van der Waals surface area contributed by atoms with E-state index < -0.39 is 6.10 Å². The van der Waals surface area contributed by atoms with Crippen molar-refractivity contribution < 1.29 is 9.90 Å². The van der Waals surface area contributed by atoms with Crippen LogP contribution in [0.3, 0.4) is 0 Å². The van der Waals surface area contributed by atoms with Gasteiger partial charge in [-0.1, -0.05) is 49.6 Å². The Bertz CT molecular complexity index is 469. The molecule has 0 radical (unpaired) electrons. The van der Waals surface area contributed by atoms with Gasteiger partial charge in [0.25, 0.3) is 0 Å². The Labute approximate surface area is 126 Å². The van der Waals surface area contributed by atoms with Crippen LogP contribution in [-0.4, -0.2) is 17.1 Å². The number of hydrogen-bond donors (Lipinski definition) is 2. The molecule has 0 spiro atoms. The van der Waals surface area contributed by atoms with Crippen LogP contribution in [0.15, 0.2) is 30.3 Å². The maximum absolute atomic E-state index is 12.5. The van der Waals surface area contributed by atoms with Crippen LogP contribution in [-0.2, 0) is 4.79 Å². The molecule has 3 heteroatoms. The summed E-state index contributed by atoms with van der Waals surface area (Å²) < 4.78 is 0. The molecule has 3 nitrogen and oxygen atoms in total. The lowest BCUT2D eigenvalue weighted by atomic mass is 9.79. The molecule has 1 aromatic carbocycles. The largest absolute Gasteiger partial charge is 0.392 e. The van der Waals surface area contributed by atoms with Gasteiger partial charge in [0.1, 0.15) is 0 Å². The lowest BCUT2D eigenvalue weighted by Gasteiger charge is -2.31. The summed E-state index contributed by atoms with van der Waals surface area (Å²) in [6.07, 6.45) is 6.99. The normalized spacial score (nSPS) is 27.1. The zero-order valence-electron chi connectivity index (χ0n) is 12.5. The second-order valence-electron chi connectivity index (χ2n) is 6.61. The van der Waals surface area contributed by atoms with Crippen molar-refractivity contribution in [3.8, 4) is 0 Å². The zero-order chi connectivity index (χ0) is 14.7. The SMILES string of the molecule is O=C(NC(CC1CCC1)c1ccccc1)C1CCCC1O. The smallest absolute Gasteiger partial charge is 0.226 e. The van der Waals surface area contributed by atoms with Crippen LogP contribution < -0.4 is 5.32 Å². The van der Waals surface area contributed by atoms with Gasteiger partial charge in [-0.2, -0.15) is 0 Å². The molecule has 1 amide bonds. The summed E-state index contributed by atoms with van der Waals surface area (Å²) in [6.45, 7) is 0. The molecule has 2 N–H and O–H groups in total. The van der Waals surface area contributed by atoms with Crippen LogP contribution in [0, 0.1) is 11.8 Å². The maximum atomic E-state index is 12.5. The third-order valence-corrected chi connectivity index (χ3v) is 5.13. The predicted molar refractivity (Wildman–Crippen MR) is 82.6 cm³/mol. The van der Waals surface area contributed by atoms with Crippen molar-refractivity contribution in [1.82, 2.24) is 5.32 Å². The topological polar surface area (TPSA) is 49.3 Å². The van der Waals surface area contributed by atoms with Crippen molar-refractivity contribution >= 4 is 5.91 Å². The van der Waals surface area contributed by atoms with Crippen molar-refractivity contribution in [2.75, 3.05) is 0 Å². The van der Waals surface area contributed by atoms with Crippen LogP contribution in [0.4, 0.5) is 0 Å². The third kappa shape index (κ3) is 3.46. The average molecular weight is 287 g/mol. The van der Waals surface area contributed by atoms with Gasteiger partial charge in [0, 0.05) is 0 Å². The fraction of sp³-hybridized carbons (Fsp3) is 0.611. The van der Waals surface area contributed by atoms with Crippen LogP contribution in [0.5, 0.6) is 0 Å². The molecule has 21 heavy (non-hydrogen) atoms. The number of benzene rings is 1. The Hall–Kier alpha value is -1.35. The van der Waals surface area contributed by atoms with Gasteiger partial charge in [-0.05, 0) is 37.2 Å². The van der Waals surface area contributed by atoms with Crippen LogP contribution >= 0.6 is 0 Å². The highest BCUT2D eigenvalue weighted by Crippen LogP contribution is 2.35. The molecule has 1 aromatic rings. The first-order valence-corrected chi connectivity index (χ1v) is 8.27. The molecule has 0 saturated heterocycles. The highest BCUT2D eigenvalue weighted by molar-refractivity contribution is 5.80. The van der Waals surface area contributed by atoms with E-state index >= 15 is 0 Å². The van der Waals surface area contributed by atoms with Crippen molar-refractivity contribution in [3.05, 3.63) is 35.9 Å². The molecule has 3 atom stereocenters. The van der Waals surface area contributed by atoms with Gasteiger partial charge in [-0.25, -0.2) is 0 Å². The van der Waals surface area contributed by atoms with Crippen LogP contribution in [0.1, 0.15) is 56.6 Å². The number of nitrogens with one attached hydrogen (secondary N) is 1. The molecule has 2 aliphatic carbocycles. The van der Waals surface area contributed by atoms with Crippen LogP contribution in [0.25, 0.3) is 0 Å². The number of aliphatic hydroxyl groups is 1. The molecule has 3 unspecified atom stereocenters. The van der Waals surface area contributed by atoms with Crippen molar-refractivity contribution in [2.45, 2.75) is 57.1 Å². The summed E-state index contributed by atoms with van der Waals surface area (Å²) in [4.78, 5) is 12.5. The highest BCUT2D eigenvalue weighted by Gasteiger charge is 2.33. The van der Waals surface area contributed by atoms with Gasteiger partial charge >= 0.3 is 0 Å². The quantitative estimate of drug-likeness (QED) is 0.873. The van der Waals surface area contributed by atoms with Gasteiger partial charge in [0.2, 0.25) is 5.91 Å². The molecule has 2 fully saturated rings. The monoisotopic (exact) mass is 287 g/mol. The van der Waals surface area contributed by atoms with Gasteiger partial charge in [-0.3, -0.25) is 4.79 Å². The number of carbonyl (C=O) groups is 1. The van der Waals surface area contributed by atoms with Crippen molar-refractivity contribution in [2.24, 2.45) is 11.8 Å². The van der Waals surface area contributed by atoms with E-state index in [-0.39, 0.29) is 17.9 Å². The lowest BCUT2D eigenvalue weighted by Crippen LogP contribution is -2.38. The summed E-state index contributed by atoms with van der Waals surface area (Å²) in [5, 5.41) is 13.1. The number of hydrogen-bond acceptors (Lipinski definition) is 2. The van der Waals surface area contributed by atoms with E-state index in [0.29, 0.717) is 0 Å². The fourth-order valence-electron chi connectivity index (χ4n) is 3.55. The Morgan fingerprint density at radius 3 is 2.43 bits per heavy atom. The summed E-state index contributed by atoms with van der Waals surface area (Å²) >= 11 is 0. The standard InChI is InChI=1S/C18H25NO2/c20-17-11-5-10-15(17)18(21)19-16(12-13-6-4-7-13)14-8-2-1-3-9-14/h1-3,8-9,13,15-17,20H,4-7,10-12H2,(H,19,21). The van der Waals surface area contributed by atoms with E-state index in [2.05, 4.69) is 17.4 Å². The van der Waals surface area contributed by atoms with Gasteiger partial charge in [0.15, 0.2) is 0 Å². The second kappa shape index (κ2) is 6.61. The first-order chi connectivity index (χ1) is 10.2. The zero-order valence-corrected chi connectivity index (χ0v) is 12.5. The second-order valence-corrected chi connectivity index (χ2v) is 6.61. The summed E-state index contributed by atoms with van der Waals surface area (Å²) in [5.74, 6) is 0.565. The van der Waals surface area contributed by atoms with Crippen LogP contribution in [0.2, 0.25) is 0 Å². The number of carbonyl (C=O) groups excluding carboxylic acids is 1. The molecule has 2 aliphatic rings. The molecular weight excluding hydrogens is 262 g/mol. The molecule has 0 aromatic heterocycles. The van der Waals surface area contributed by atoms with Gasteiger partial charge in [-0.15, -0.1) is 0 Å². The minimum absolute atomic E-state index is 0.0353. The molecule has 114 valence electrons. The van der Waals surface area contributed by atoms with Crippen molar-refractivity contribution in [3.63, 3.8) is 0 Å². The number of amides is 1. The number of rotatable bonds is 5. The summed E-state index contributed by atoms with van der Waals surface area (Å²) in [7, 11) is 0. The van der Waals surface area contributed by atoms with Gasteiger partial charge < -0.3 is 10.4 Å². The lowest BCUT2D eigenvalue weighted by molar-refractivity contribution is -0.128. The molecule has 3 rings (SSSR count). The van der Waals surface area contributed by atoms with E-state index in [1.54, 1.807) is 0 Å². The molecular formula is C18H25NO2. The third-order valence-electron chi connectivity index (χ3n) is 5.13. The molecule has 0 heterocycles. The van der Waals surface area contributed by atoms with E-state index in [4.69, 9.17) is 0 Å². The highest BCUT2D eigenvalue weighted by atomic mass is 16.3. The molecule has 2 saturated carbocycles. The maximum Gasteiger partial charge on any atom is 0.226 e. The Morgan fingerprint density at radius 1 is 1.14 bits per heavy atom. The summed E-state index contributed by atoms with van der Waals surface area (Å²) in [6, 6.07) is 10.3. The minimum atomic E-state index is -0.454.